The first-order valence-electron chi connectivity index (χ1n) is 10.8. The number of primary amides is 1. The van der Waals surface area contributed by atoms with Crippen LogP contribution in [0.25, 0.3) is 0 Å². The Balaban J connectivity index is 2.30. The van der Waals surface area contributed by atoms with E-state index in [9.17, 15) is 30.8 Å². The molecule has 0 spiro atoms. The maximum absolute atomic E-state index is 14.5. The van der Waals surface area contributed by atoms with Crippen LogP contribution in [-0.4, -0.2) is 33.0 Å². The Morgan fingerprint density at radius 2 is 1.83 bits per heavy atom. The lowest BCUT2D eigenvalue weighted by Crippen LogP contribution is -2.23. The fourth-order valence-electron chi connectivity index (χ4n) is 3.26. The van der Waals surface area contributed by atoms with E-state index in [2.05, 4.69) is 4.98 Å². The van der Waals surface area contributed by atoms with Crippen LogP contribution in [0.5, 0.6) is 5.88 Å². The van der Waals surface area contributed by atoms with E-state index in [1.165, 1.54) is 25.2 Å². The topological polar surface area (TPSA) is 103 Å². The molecule has 1 heterocycles. The van der Waals surface area contributed by atoms with Crippen LogP contribution in [0.2, 0.25) is 0 Å². The molecule has 0 bridgehead atoms. The standard InChI is InChI=1S/C23H29F4N3O4S/c1-22(2,3)11-12-34-21-14(7-10-19(29-21)23(25,26)27)5-8-16(20(28)31)15-6-9-18(17(24)13-15)30(4)35(32)33/h6-7,9-10,13,16,35H,5,8,11-12H2,1-4H3,(H2,28,31). The first kappa shape index (κ1) is 28.3. The zero-order valence-electron chi connectivity index (χ0n) is 19.9. The lowest BCUT2D eigenvalue weighted by atomic mass is 9.91. The number of ether oxygens (including phenoxy) is 1. The Hall–Kier alpha value is -2.89. The van der Waals surface area contributed by atoms with E-state index in [4.69, 9.17) is 10.5 Å². The summed E-state index contributed by atoms with van der Waals surface area (Å²) < 4.78 is 82.6. The number of anilines is 1. The number of aryl methyl sites for hydroxylation is 1. The number of amides is 1. The summed E-state index contributed by atoms with van der Waals surface area (Å²) in [4.78, 5) is 15.7. The van der Waals surface area contributed by atoms with Crippen molar-refractivity contribution in [1.29, 1.82) is 0 Å². The van der Waals surface area contributed by atoms with Gasteiger partial charge in [0, 0.05) is 12.6 Å². The van der Waals surface area contributed by atoms with Crippen LogP contribution < -0.4 is 14.8 Å². The van der Waals surface area contributed by atoms with E-state index in [0.717, 1.165) is 16.4 Å². The molecule has 12 heteroatoms. The van der Waals surface area contributed by atoms with E-state index in [-0.39, 0.29) is 42.0 Å². The number of carbonyl (C=O) groups is 1. The van der Waals surface area contributed by atoms with E-state index in [0.29, 0.717) is 12.0 Å². The molecule has 1 unspecified atom stereocenters. The van der Waals surface area contributed by atoms with Gasteiger partial charge in [-0.1, -0.05) is 32.9 Å². The van der Waals surface area contributed by atoms with E-state index >= 15 is 0 Å². The van der Waals surface area contributed by atoms with Gasteiger partial charge in [-0.2, -0.15) is 13.2 Å². The summed E-state index contributed by atoms with van der Waals surface area (Å²) in [5.74, 6) is -2.79. The van der Waals surface area contributed by atoms with Crippen LogP contribution in [0, 0.1) is 11.2 Å². The molecule has 0 saturated carbocycles. The molecule has 1 aromatic carbocycles. The predicted octanol–water partition coefficient (Wildman–Crippen LogP) is 4.22. The highest BCUT2D eigenvalue weighted by Gasteiger charge is 2.33. The number of rotatable bonds is 10. The van der Waals surface area contributed by atoms with Gasteiger partial charge in [0.15, 0.2) is 0 Å². The molecule has 194 valence electrons. The van der Waals surface area contributed by atoms with Crippen LogP contribution in [0.3, 0.4) is 0 Å². The first-order valence-corrected chi connectivity index (χ1v) is 11.9. The van der Waals surface area contributed by atoms with Crippen molar-refractivity contribution in [2.75, 3.05) is 18.0 Å². The van der Waals surface area contributed by atoms with Gasteiger partial charge in [-0.05, 0) is 48.4 Å². The Labute approximate surface area is 203 Å². The van der Waals surface area contributed by atoms with Gasteiger partial charge >= 0.3 is 6.18 Å². The molecule has 2 aromatic rings. The van der Waals surface area contributed by atoms with Gasteiger partial charge in [0.2, 0.25) is 22.7 Å². The summed E-state index contributed by atoms with van der Waals surface area (Å²) in [6.07, 6.45) is -3.96. The molecule has 2 N–H and O–H groups in total. The summed E-state index contributed by atoms with van der Waals surface area (Å²) >= 11 is 0. The highest BCUT2D eigenvalue weighted by molar-refractivity contribution is 7.74. The third-order valence-corrected chi connectivity index (χ3v) is 6.04. The van der Waals surface area contributed by atoms with Crippen molar-refractivity contribution in [3.63, 3.8) is 0 Å². The Morgan fingerprint density at radius 1 is 1.17 bits per heavy atom. The third-order valence-electron chi connectivity index (χ3n) is 5.33. The lowest BCUT2D eigenvalue weighted by molar-refractivity contribution is -0.141. The minimum atomic E-state index is -4.66. The molecule has 0 aliphatic carbocycles. The Kier molecular flexibility index (Phi) is 9.10. The quantitative estimate of drug-likeness (QED) is 0.362. The van der Waals surface area contributed by atoms with Gasteiger partial charge < -0.3 is 10.5 Å². The SMILES string of the molecule is CN(c1ccc(C(CCc2ccc(C(F)(F)F)nc2OCCC(C)(C)C)C(N)=O)cc1F)[SH](=O)=O. The number of nitrogens with two attached hydrogens (primary N) is 1. The minimum absolute atomic E-state index is 0.0441. The zero-order chi connectivity index (χ0) is 26.6. The number of halogens is 4. The fraction of sp³-hybridized carbons (Fsp3) is 0.478. The van der Waals surface area contributed by atoms with Crippen molar-refractivity contribution < 1.29 is 35.5 Å². The van der Waals surface area contributed by atoms with Gasteiger partial charge in [0.05, 0.1) is 18.2 Å². The number of hydrogen-bond donors (Lipinski definition) is 2. The number of nitrogens with zero attached hydrogens (tertiary/aromatic N) is 2. The fourth-order valence-corrected chi connectivity index (χ4v) is 3.60. The normalized spacial score (nSPS) is 13.1. The van der Waals surface area contributed by atoms with E-state index < -0.39 is 40.4 Å². The van der Waals surface area contributed by atoms with Crippen molar-refractivity contribution >= 4 is 22.5 Å². The minimum Gasteiger partial charge on any atom is -0.477 e. The molecule has 2 rings (SSSR count). The van der Waals surface area contributed by atoms with Crippen molar-refractivity contribution in [3.05, 3.63) is 53.0 Å². The molecular formula is C23H29F4N3O4S. The van der Waals surface area contributed by atoms with Gasteiger partial charge in [0.1, 0.15) is 11.5 Å². The number of pyridine rings is 1. The second-order valence-corrected chi connectivity index (χ2v) is 10.4. The molecule has 35 heavy (non-hydrogen) atoms. The number of benzene rings is 1. The van der Waals surface area contributed by atoms with E-state index in [1.807, 2.05) is 20.8 Å². The average Bonchev–Trinajstić information content (AvgIpc) is 2.72. The van der Waals surface area contributed by atoms with Crippen LogP contribution in [0.1, 0.15) is 56.4 Å². The van der Waals surface area contributed by atoms with Crippen molar-refractivity contribution in [1.82, 2.24) is 4.98 Å². The van der Waals surface area contributed by atoms with E-state index in [1.54, 1.807) is 0 Å². The molecule has 1 amide bonds. The molecule has 0 fully saturated rings. The highest BCUT2D eigenvalue weighted by Crippen LogP contribution is 2.33. The van der Waals surface area contributed by atoms with Gasteiger partial charge in [-0.3, -0.25) is 9.10 Å². The van der Waals surface area contributed by atoms with Crippen LogP contribution >= 0.6 is 0 Å². The monoisotopic (exact) mass is 519 g/mol. The van der Waals surface area contributed by atoms with Gasteiger partial charge in [-0.15, -0.1) is 0 Å². The number of thiol groups is 1. The van der Waals surface area contributed by atoms with Crippen LogP contribution in [0.4, 0.5) is 23.2 Å². The van der Waals surface area contributed by atoms with Gasteiger partial charge in [0.25, 0.3) is 0 Å². The average molecular weight is 520 g/mol. The summed E-state index contributed by atoms with van der Waals surface area (Å²) in [5, 5.41) is 0. The van der Waals surface area contributed by atoms with Crippen LogP contribution in [-0.2, 0) is 28.3 Å². The molecule has 7 nitrogen and oxygen atoms in total. The molecule has 0 aliphatic heterocycles. The molecule has 1 atom stereocenters. The number of alkyl halides is 3. The Bertz CT molecular complexity index is 1120. The zero-order valence-corrected chi connectivity index (χ0v) is 20.8. The van der Waals surface area contributed by atoms with Crippen molar-refractivity contribution in [2.45, 2.75) is 52.1 Å². The second-order valence-electron chi connectivity index (χ2n) is 9.28. The molecule has 0 saturated heterocycles. The first-order chi connectivity index (χ1) is 16.1. The van der Waals surface area contributed by atoms with Crippen LogP contribution in [0.15, 0.2) is 30.3 Å². The summed E-state index contributed by atoms with van der Waals surface area (Å²) in [6, 6.07) is 5.69. The highest BCUT2D eigenvalue weighted by atomic mass is 32.2. The number of aromatic nitrogens is 1. The predicted molar refractivity (Wildman–Crippen MR) is 124 cm³/mol. The summed E-state index contributed by atoms with van der Waals surface area (Å²) in [7, 11) is -1.88. The smallest absolute Gasteiger partial charge is 0.433 e. The van der Waals surface area contributed by atoms with Crippen molar-refractivity contribution in [2.24, 2.45) is 11.1 Å². The third kappa shape index (κ3) is 8.08. The van der Waals surface area contributed by atoms with Gasteiger partial charge in [-0.25, -0.2) is 17.8 Å². The maximum atomic E-state index is 14.5. The summed E-state index contributed by atoms with van der Waals surface area (Å²) in [6.45, 7) is 6.04. The summed E-state index contributed by atoms with van der Waals surface area (Å²) in [5.41, 5.74) is 4.66. The Morgan fingerprint density at radius 3 is 2.34 bits per heavy atom. The lowest BCUT2D eigenvalue weighted by Gasteiger charge is -2.20. The molecule has 0 radical (unpaired) electrons. The second kappa shape index (κ2) is 11.2. The molecule has 0 aliphatic rings. The molecule has 1 aromatic heterocycles. The maximum Gasteiger partial charge on any atom is 0.433 e. The van der Waals surface area contributed by atoms with Crippen molar-refractivity contribution in [3.8, 4) is 5.88 Å². The molecular weight excluding hydrogens is 490 g/mol. The largest absolute Gasteiger partial charge is 0.477 e. The number of hydrogen-bond acceptors (Lipinski definition) is 5. The number of carbonyl (C=O) groups excluding carboxylic acids is 1.